The summed E-state index contributed by atoms with van der Waals surface area (Å²) >= 11 is 0. The normalized spacial score (nSPS) is 11.5. The number of halogens is 3. The second-order valence-electron chi connectivity index (χ2n) is 6.65. The zero-order chi connectivity index (χ0) is 21.2. The Kier molecular flexibility index (Phi) is 5.68. The third-order valence-corrected chi connectivity index (χ3v) is 4.75. The first kappa shape index (κ1) is 20.5. The summed E-state index contributed by atoms with van der Waals surface area (Å²) in [7, 11) is 0. The highest BCUT2D eigenvalue weighted by atomic mass is 19.4. The van der Waals surface area contributed by atoms with Crippen LogP contribution in [0.25, 0.3) is 11.1 Å². The molecule has 3 rings (SSSR count). The first-order valence-electron chi connectivity index (χ1n) is 9.13. The molecule has 4 nitrogen and oxygen atoms in total. The van der Waals surface area contributed by atoms with E-state index >= 15 is 0 Å². The predicted molar refractivity (Wildman–Crippen MR) is 105 cm³/mol. The third-order valence-electron chi connectivity index (χ3n) is 4.75. The summed E-state index contributed by atoms with van der Waals surface area (Å²) < 4.78 is 44.0. The van der Waals surface area contributed by atoms with Crippen molar-refractivity contribution in [3.8, 4) is 16.9 Å². The lowest BCUT2D eigenvalue weighted by Crippen LogP contribution is -2.17. The Morgan fingerprint density at radius 1 is 1.10 bits per heavy atom. The SMILES string of the molecule is CCc1c(-c2cccc(OC(F)(F)F)c2)c(C(N)=O)c(C)n1Cc1ccccc1. The summed E-state index contributed by atoms with van der Waals surface area (Å²) in [6, 6.07) is 15.3. The van der Waals surface area contributed by atoms with Gasteiger partial charge in [0.05, 0.1) is 5.56 Å². The molecule has 0 unspecified atom stereocenters. The average Bonchev–Trinajstić information content (AvgIpc) is 2.93. The Balaban J connectivity index is 2.17. The molecule has 0 saturated heterocycles. The molecular weight excluding hydrogens is 381 g/mol. The zero-order valence-corrected chi connectivity index (χ0v) is 16.1. The van der Waals surface area contributed by atoms with E-state index in [0.29, 0.717) is 35.3 Å². The molecule has 1 amide bonds. The summed E-state index contributed by atoms with van der Waals surface area (Å²) in [6.45, 7) is 4.25. The number of nitrogens with two attached hydrogens (primary N) is 1. The van der Waals surface area contributed by atoms with Crippen molar-refractivity contribution >= 4 is 5.91 Å². The number of carbonyl (C=O) groups is 1. The van der Waals surface area contributed by atoms with Crippen molar-refractivity contribution in [1.82, 2.24) is 4.57 Å². The van der Waals surface area contributed by atoms with Crippen LogP contribution in [0, 0.1) is 6.92 Å². The number of aromatic nitrogens is 1. The van der Waals surface area contributed by atoms with Crippen LogP contribution in [-0.4, -0.2) is 16.8 Å². The van der Waals surface area contributed by atoms with Gasteiger partial charge in [0, 0.05) is 23.5 Å². The van der Waals surface area contributed by atoms with Crippen LogP contribution >= 0.6 is 0 Å². The molecule has 0 spiro atoms. The van der Waals surface area contributed by atoms with Crippen LogP contribution in [0.2, 0.25) is 0 Å². The fourth-order valence-corrected chi connectivity index (χ4v) is 3.61. The van der Waals surface area contributed by atoms with Crippen molar-refractivity contribution in [2.75, 3.05) is 0 Å². The molecule has 0 aliphatic heterocycles. The summed E-state index contributed by atoms with van der Waals surface area (Å²) in [5.41, 5.74) is 9.50. The van der Waals surface area contributed by atoms with Crippen LogP contribution < -0.4 is 10.5 Å². The van der Waals surface area contributed by atoms with Gasteiger partial charge in [-0.1, -0.05) is 49.4 Å². The zero-order valence-electron chi connectivity index (χ0n) is 16.1. The fraction of sp³-hybridized carbons (Fsp3) is 0.227. The summed E-state index contributed by atoms with van der Waals surface area (Å²) in [5, 5.41) is 0. The lowest BCUT2D eigenvalue weighted by atomic mass is 9.98. The number of benzene rings is 2. The average molecular weight is 402 g/mol. The monoisotopic (exact) mass is 402 g/mol. The maximum Gasteiger partial charge on any atom is 0.573 e. The van der Waals surface area contributed by atoms with Crippen molar-refractivity contribution in [2.45, 2.75) is 33.2 Å². The molecule has 0 fully saturated rings. The number of rotatable bonds is 6. The smallest absolute Gasteiger partial charge is 0.406 e. The van der Waals surface area contributed by atoms with Crippen molar-refractivity contribution in [3.63, 3.8) is 0 Å². The van der Waals surface area contributed by atoms with Crippen LogP contribution in [0.1, 0.15) is 34.2 Å². The van der Waals surface area contributed by atoms with Crippen molar-refractivity contribution in [3.05, 3.63) is 77.1 Å². The Bertz CT molecular complexity index is 1020. The highest BCUT2D eigenvalue weighted by Gasteiger charge is 2.31. The maximum atomic E-state index is 12.6. The lowest BCUT2D eigenvalue weighted by Gasteiger charge is -2.13. The van der Waals surface area contributed by atoms with E-state index in [2.05, 4.69) is 4.74 Å². The lowest BCUT2D eigenvalue weighted by molar-refractivity contribution is -0.274. The number of amides is 1. The minimum Gasteiger partial charge on any atom is -0.406 e. The number of ether oxygens (including phenoxy) is 1. The molecule has 0 radical (unpaired) electrons. The quantitative estimate of drug-likeness (QED) is 0.626. The minimum absolute atomic E-state index is 0.307. The van der Waals surface area contributed by atoms with Gasteiger partial charge in [0.15, 0.2) is 0 Å². The summed E-state index contributed by atoms with van der Waals surface area (Å²) in [4.78, 5) is 12.3. The van der Waals surface area contributed by atoms with Gasteiger partial charge in [-0.25, -0.2) is 0 Å². The molecular formula is C22H21F3N2O2. The topological polar surface area (TPSA) is 57.2 Å². The van der Waals surface area contributed by atoms with E-state index in [1.807, 2.05) is 41.8 Å². The Morgan fingerprint density at radius 2 is 1.79 bits per heavy atom. The molecule has 1 heterocycles. The Hall–Kier alpha value is -3.22. The van der Waals surface area contributed by atoms with Crippen molar-refractivity contribution in [1.29, 1.82) is 0 Å². The van der Waals surface area contributed by atoms with E-state index in [-0.39, 0.29) is 5.75 Å². The van der Waals surface area contributed by atoms with Crippen molar-refractivity contribution < 1.29 is 22.7 Å². The van der Waals surface area contributed by atoms with Crippen LogP contribution in [0.5, 0.6) is 5.75 Å². The second kappa shape index (κ2) is 8.03. The Labute approximate surface area is 166 Å². The van der Waals surface area contributed by atoms with Gasteiger partial charge in [-0.05, 0) is 36.6 Å². The largest absolute Gasteiger partial charge is 0.573 e. The van der Waals surface area contributed by atoms with Crippen LogP contribution in [0.4, 0.5) is 13.2 Å². The molecule has 3 aromatic rings. The summed E-state index contributed by atoms with van der Waals surface area (Å²) in [6.07, 6.45) is -4.23. The fourth-order valence-electron chi connectivity index (χ4n) is 3.61. The number of alkyl halides is 3. The van der Waals surface area contributed by atoms with Gasteiger partial charge in [-0.3, -0.25) is 4.79 Å². The van der Waals surface area contributed by atoms with Crippen LogP contribution in [0.15, 0.2) is 54.6 Å². The number of hydrogen-bond donors (Lipinski definition) is 1. The molecule has 29 heavy (non-hydrogen) atoms. The highest BCUT2D eigenvalue weighted by molar-refractivity contribution is 6.02. The predicted octanol–water partition coefficient (Wildman–Crippen LogP) is 5.07. The van der Waals surface area contributed by atoms with Crippen LogP contribution in [0.3, 0.4) is 0 Å². The van der Waals surface area contributed by atoms with E-state index in [4.69, 9.17) is 5.73 Å². The molecule has 2 aromatic carbocycles. The van der Waals surface area contributed by atoms with E-state index in [1.54, 1.807) is 13.0 Å². The number of hydrogen-bond acceptors (Lipinski definition) is 2. The van der Waals surface area contributed by atoms with Crippen molar-refractivity contribution in [2.24, 2.45) is 5.73 Å². The molecule has 0 saturated carbocycles. The molecule has 0 aliphatic rings. The molecule has 1 aromatic heterocycles. The van der Waals surface area contributed by atoms with Gasteiger partial charge >= 0.3 is 6.36 Å². The van der Waals surface area contributed by atoms with Gasteiger partial charge in [0.1, 0.15) is 5.75 Å². The van der Waals surface area contributed by atoms with Gasteiger partial charge in [0.25, 0.3) is 5.91 Å². The summed E-state index contributed by atoms with van der Waals surface area (Å²) in [5.74, 6) is -0.970. The van der Waals surface area contributed by atoms with E-state index in [1.165, 1.54) is 18.2 Å². The first-order valence-corrected chi connectivity index (χ1v) is 9.13. The number of primary amides is 1. The van der Waals surface area contributed by atoms with E-state index < -0.39 is 12.3 Å². The maximum absolute atomic E-state index is 12.6. The number of carbonyl (C=O) groups excluding carboxylic acids is 1. The standard InChI is InChI=1S/C22H21F3N2O2/c1-3-18-20(16-10-7-11-17(12-16)29-22(23,24)25)19(21(26)28)14(2)27(18)13-15-8-5-4-6-9-15/h4-12H,3,13H2,1-2H3,(H2,26,28). The first-order chi connectivity index (χ1) is 13.7. The van der Waals surface area contributed by atoms with Gasteiger partial charge in [-0.2, -0.15) is 0 Å². The van der Waals surface area contributed by atoms with Crippen LogP contribution in [-0.2, 0) is 13.0 Å². The highest BCUT2D eigenvalue weighted by Crippen LogP contribution is 2.36. The molecule has 0 bridgehead atoms. The molecule has 2 N–H and O–H groups in total. The van der Waals surface area contributed by atoms with Gasteiger partial charge < -0.3 is 15.0 Å². The molecule has 7 heteroatoms. The van der Waals surface area contributed by atoms with E-state index in [0.717, 1.165) is 11.3 Å². The minimum atomic E-state index is -4.80. The Morgan fingerprint density at radius 3 is 2.38 bits per heavy atom. The molecule has 0 aliphatic carbocycles. The van der Waals surface area contributed by atoms with Gasteiger partial charge in [0.2, 0.25) is 0 Å². The number of nitrogens with zero attached hydrogens (tertiary/aromatic N) is 1. The molecule has 0 atom stereocenters. The second-order valence-corrected chi connectivity index (χ2v) is 6.65. The molecule has 152 valence electrons. The van der Waals surface area contributed by atoms with E-state index in [9.17, 15) is 18.0 Å². The third kappa shape index (κ3) is 4.45. The van der Waals surface area contributed by atoms with Gasteiger partial charge in [-0.15, -0.1) is 13.2 Å².